The first-order valence-corrected chi connectivity index (χ1v) is 11.9. The molecule has 1 aliphatic rings. The normalized spacial score (nSPS) is 20.6. The first-order valence-electron chi connectivity index (χ1n) is 10.6. The zero-order chi connectivity index (χ0) is 23.1. The van der Waals surface area contributed by atoms with Crippen molar-refractivity contribution in [2.45, 2.75) is 56.3 Å². The van der Waals surface area contributed by atoms with E-state index < -0.39 is 0 Å². The third-order valence-electron chi connectivity index (χ3n) is 5.38. The van der Waals surface area contributed by atoms with Gasteiger partial charge in [-0.1, -0.05) is 11.6 Å². The van der Waals surface area contributed by atoms with Gasteiger partial charge >= 0.3 is 0 Å². The first kappa shape index (κ1) is 25.2. The van der Waals surface area contributed by atoms with E-state index in [-0.39, 0.29) is 29.6 Å². The second kappa shape index (κ2) is 12.2. The number of nitrogens with zero attached hydrogens (tertiary/aromatic N) is 4. The molecule has 0 spiro atoms. The van der Waals surface area contributed by atoms with E-state index in [0.29, 0.717) is 24.2 Å². The van der Waals surface area contributed by atoms with Crippen LogP contribution in [-0.2, 0) is 18.9 Å². The largest absolute Gasteiger partial charge is 0.382 e. The van der Waals surface area contributed by atoms with Crippen LogP contribution in [0.2, 0.25) is 5.02 Å². The van der Waals surface area contributed by atoms with E-state index >= 15 is 0 Å². The Morgan fingerprint density at radius 3 is 2.53 bits per heavy atom. The number of halogens is 1. The van der Waals surface area contributed by atoms with Crippen molar-refractivity contribution in [2.24, 2.45) is 0 Å². The van der Waals surface area contributed by atoms with E-state index in [9.17, 15) is 0 Å². The van der Waals surface area contributed by atoms with Gasteiger partial charge < -0.3 is 18.9 Å². The molecule has 1 fully saturated rings. The van der Waals surface area contributed by atoms with Gasteiger partial charge in [0, 0.05) is 27.5 Å². The SMILES string of the molecule is COCC(COC)n1c(NSC(C)[C@H](OC)c2ccc(Cl)cn2)nnc1C1CCC(C)O1. The molecule has 11 heteroatoms. The molecule has 3 heterocycles. The molecule has 2 aromatic heterocycles. The highest BCUT2D eigenvalue weighted by atomic mass is 35.5. The molecule has 1 aliphatic heterocycles. The molecule has 2 aromatic rings. The Bertz CT molecular complexity index is 834. The summed E-state index contributed by atoms with van der Waals surface area (Å²) < 4.78 is 28.1. The Hall–Kier alpha value is -1.43. The Labute approximate surface area is 198 Å². The van der Waals surface area contributed by atoms with Gasteiger partial charge in [-0.15, -0.1) is 10.2 Å². The fourth-order valence-electron chi connectivity index (χ4n) is 3.84. The van der Waals surface area contributed by atoms with E-state index in [1.165, 1.54) is 11.9 Å². The predicted molar refractivity (Wildman–Crippen MR) is 125 cm³/mol. The van der Waals surface area contributed by atoms with Crippen molar-refractivity contribution in [1.29, 1.82) is 0 Å². The van der Waals surface area contributed by atoms with Crippen molar-refractivity contribution in [3.05, 3.63) is 34.9 Å². The Morgan fingerprint density at radius 1 is 1.22 bits per heavy atom. The molecule has 0 amide bonds. The maximum atomic E-state index is 6.08. The molecule has 3 unspecified atom stereocenters. The summed E-state index contributed by atoms with van der Waals surface area (Å²) in [6.45, 7) is 5.07. The molecule has 0 radical (unpaired) electrons. The summed E-state index contributed by atoms with van der Waals surface area (Å²) in [5.74, 6) is 1.41. The van der Waals surface area contributed by atoms with Crippen LogP contribution in [0.1, 0.15) is 56.5 Å². The zero-order valence-electron chi connectivity index (χ0n) is 19.2. The van der Waals surface area contributed by atoms with Gasteiger partial charge in [0.1, 0.15) is 12.2 Å². The minimum atomic E-state index is -0.228. The van der Waals surface area contributed by atoms with E-state index in [4.69, 9.17) is 30.5 Å². The fourth-order valence-corrected chi connectivity index (χ4v) is 4.76. The summed E-state index contributed by atoms with van der Waals surface area (Å²) in [4.78, 5) is 4.40. The number of anilines is 1. The van der Waals surface area contributed by atoms with E-state index in [0.717, 1.165) is 24.4 Å². The third kappa shape index (κ3) is 6.12. The number of hydrogen-bond acceptors (Lipinski definition) is 9. The summed E-state index contributed by atoms with van der Waals surface area (Å²) >= 11 is 7.47. The number of hydrogen-bond donors (Lipinski definition) is 1. The minimum absolute atomic E-state index is 0.0216. The summed E-state index contributed by atoms with van der Waals surface area (Å²) in [5.41, 5.74) is 0.811. The number of ether oxygens (including phenoxy) is 4. The molecule has 9 nitrogen and oxygen atoms in total. The summed E-state index contributed by atoms with van der Waals surface area (Å²) in [7, 11) is 5.02. The molecule has 1 N–H and O–H groups in total. The van der Waals surface area contributed by atoms with Crippen LogP contribution in [0.4, 0.5) is 5.95 Å². The number of methoxy groups -OCH3 is 3. The van der Waals surface area contributed by atoms with Crippen LogP contribution in [0, 0.1) is 0 Å². The van der Waals surface area contributed by atoms with Crippen LogP contribution >= 0.6 is 23.5 Å². The first-order chi connectivity index (χ1) is 15.5. The van der Waals surface area contributed by atoms with Crippen molar-refractivity contribution in [3.63, 3.8) is 0 Å². The Balaban J connectivity index is 1.80. The smallest absolute Gasteiger partial charge is 0.235 e. The van der Waals surface area contributed by atoms with Crippen LogP contribution in [0.25, 0.3) is 0 Å². The van der Waals surface area contributed by atoms with Crippen molar-refractivity contribution in [3.8, 4) is 0 Å². The highest BCUT2D eigenvalue weighted by Crippen LogP contribution is 2.35. The van der Waals surface area contributed by atoms with Gasteiger partial charge in [-0.25, -0.2) is 0 Å². The van der Waals surface area contributed by atoms with Crippen LogP contribution in [-0.4, -0.2) is 65.6 Å². The number of nitrogens with one attached hydrogen (secondary N) is 1. The fraction of sp³-hybridized carbons (Fsp3) is 0.667. The van der Waals surface area contributed by atoms with Crippen LogP contribution in [0.5, 0.6) is 0 Å². The van der Waals surface area contributed by atoms with E-state index in [1.54, 1.807) is 27.5 Å². The topological polar surface area (TPSA) is 92.6 Å². The molecule has 0 saturated carbocycles. The maximum absolute atomic E-state index is 6.08. The highest BCUT2D eigenvalue weighted by Gasteiger charge is 2.32. The van der Waals surface area contributed by atoms with E-state index in [2.05, 4.69) is 33.8 Å². The molecule has 32 heavy (non-hydrogen) atoms. The average Bonchev–Trinajstić information content (AvgIpc) is 3.40. The van der Waals surface area contributed by atoms with Gasteiger partial charge in [-0.2, -0.15) is 0 Å². The summed E-state index contributed by atoms with van der Waals surface area (Å²) in [6, 6.07) is 3.59. The van der Waals surface area contributed by atoms with Gasteiger partial charge in [0.25, 0.3) is 0 Å². The molecule has 4 atom stereocenters. The molecule has 1 saturated heterocycles. The molecule has 0 aliphatic carbocycles. The lowest BCUT2D eigenvalue weighted by molar-refractivity contribution is 0.0406. The third-order valence-corrected chi connectivity index (χ3v) is 6.53. The Morgan fingerprint density at radius 2 is 1.97 bits per heavy atom. The number of pyridine rings is 1. The molecular weight excluding hydrogens is 454 g/mol. The van der Waals surface area contributed by atoms with Crippen molar-refractivity contribution < 1.29 is 18.9 Å². The van der Waals surface area contributed by atoms with E-state index in [1.807, 2.05) is 16.7 Å². The van der Waals surface area contributed by atoms with Gasteiger partial charge in [0.15, 0.2) is 5.82 Å². The van der Waals surface area contributed by atoms with Gasteiger partial charge in [-0.05, 0) is 50.8 Å². The highest BCUT2D eigenvalue weighted by molar-refractivity contribution is 8.01. The predicted octanol–water partition coefficient (Wildman–Crippen LogP) is 4.24. The zero-order valence-corrected chi connectivity index (χ0v) is 20.7. The molecular formula is C21H32ClN5O4S. The lowest BCUT2D eigenvalue weighted by Crippen LogP contribution is -2.25. The minimum Gasteiger partial charge on any atom is -0.382 e. The molecule has 178 valence electrons. The Kier molecular flexibility index (Phi) is 9.57. The quantitative estimate of drug-likeness (QED) is 0.443. The summed E-state index contributed by atoms with van der Waals surface area (Å²) in [6.07, 6.45) is 3.40. The van der Waals surface area contributed by atoms with Crippen molar-refractivity contribution in [1.82, 2.24) is 19.7 Å². The van der Waals surface area contributed by atoms with Crippen LogP contribution < -0.4 is 4.72 Å². The monoisotopic (exact) mass is 485 g/mol. The number of rotatable bonds is 12. The lowest BCUT2D eigenvalue weighted by atomic mass is 10.2. The molecule has 0 aromatic carbocycles. The van der Waals surface area contributed by atoms with Crippen LogP contribution in [0.3, 0.4) is 0 Å². The number of aromatic nitrogens is 4. The van der Waals surface area contributed by atoms with Crippen molar-refractivity contribution in [2.75, 3.05) is 39.3 Å². The maximum Gasteiger partial charge on any atom is 0.235 e. The van der Waals surface area contributed by atoms with Crippen molar-refractivity contribution >= 4 is 29.5 Å². The van der Waals surface area contributed by atoms with Gasteiger partial charge in [0.05, 0.1) is 41.3 Å². The lowest BCUT2D eigenvalue weighted by Gasteiger charge is -2.25. The second-order valence-corrected chi connectivity index (χ2v) is 9.43. The molecule has 3 rings (SSSR count). The second-order valence-electron chi connectivity index (χ2n) is 7.81. The van der Waals surface area contributed by atoms with Gasteiger partial charge in [-0.3, -0.25) is 14.3 Å². The standard InChI is InChI=1S/C21H32ClN5O4S/c1-13-6-9-18(31-13)20-24-25-21(27(20)16(11-28-3)12-29-4)26-32-14(2)19(30-5)17-8-7-15(22)10-23-17/h7-8,10,13-14,16,18-19H,6,9,11-12H2,1-5H3,(H,25,26)/t13?,14?,18?,19-/m0/s1. The molecule has 0 bridgehead atoms. The van der Waals surface area contributed by atoms with Crippen LogP contribution in [0.15, 0.2) is 18.3 Å². The van der Waals surface area contributed by atoms with Gasteiger partial charge in [0.2, 0.25) is 5.95 Å². The average molecular weight is 486 g/mol. The summed E-state index contributed by atoms with van der Waals surface area (Å²) in [5, 5.41) is 9.51.